The molecule has 0 radical (unpaired) electrons. The zero-order valence-corrected chi connectivity index (χ0v) is 10.2. The van der Waals surface area contributed by atoms with Gasteiger partial charge in [-0.15, -0.1) is 6.58 Å². The minimum atomic E-state index is -0.784. The van der Waals surface area contributed by atoms with Gasteiger partial charge in [0.05, 0.1) is 13.0 Å². The van der Waals surface area contributed by atoms with E-state index in [1.165, 1.54) is 0 Å². The van der Waals surface area contributed by atoms with Crippen LogP contribution in [0.5, 0.6) is 5.75 Å². The summed E-state index contributed by atoms with van der Waals surface area (Å²) in [5, 5.41) is 9.16. The Kier molecular flexibility index (Phi) is 4.76. The summed E-state index contributed by atoms with van der Waals surface area (Å²) in [4.78, 5) is 11.2. The summed E-state index contributed by atoms with van der Waals surface area (Å²) in [5.41, 5.74) is 0.993. The number of benzene rings is 1. The third kappa shape index (κ3) is 3.63. The number of ether oxygens (including phenoxy) is 1. The highest BCUT2D eigenvalue weighted by Gasteiger charge is 2.22. The summed E-state index contributed by atoms with van der Waals surface area (Å²) >= 11 is 0. The fourth-order valence-electron chi connectivity index (χ4n) is 1.68. The van der Waals surface area contributed by atoms with Crippen molar-refractivity contribution in [3.63, 3.8) is 0 Å². The SMILES string of the molecule is C=CC(C)C(Cc1ccc(OC)cc1)C(=O)O. The van der Waals surface area contributed by atoms with Crippen LogP contribution in [-0.4, -0.2) is 18.2 Å². The Morgan fingerprint density at radius 3 is 2.47 bits per heavy atom. The highest BCUT2D eigenvalue weighted by Crippen LogP contribution is 2.20. The normalized spacial score (nSPS) is 13.8. The van der Waals surface area contributed by atoms with Crippen LogP contribution in [0, 0.1) is 11.8 Å². The molecule has 0 saturated carbocycles. The molecule has 1 aromatic carbocycles. The Hall–Kier alpha value is -1.77. The second-order valence-corrected chi connectivity index (χ2v) is 4.09. The largest absolute Gasteiger partial charge is 0.497 e. The van der Waals surface area contributed by atoms with Crippen molar-refractivity contribution in [1.29, 1.82) is 0 Å². The number of methoxy groups -OCH3 is 1. The highest BCUT2D eigenvalue weighted by atomic mass is 16.5. The molecule has 2 unspecified atom stereocenters. The molecule has 17 heavy (non-hydrogen) atoms. The quantitative estimate of drug-likeness (QED) is 0.770. The maximum atomic E-state index is 11.2. The molecule has 0 amide bonds. The molecular formula is C14H18O3. The monoisotopic (exact) mass is 234 g/mol. The van der Waals surface area contributed by atoms with E-state index in [4.69, 9.17) is 9.84 Å². The van der Waals surface area contributed by atoms with Crippen molar-refractivity contribution in [2.24, 2.45) is 11.8 Å². The Morgan fingerprint density at radius 2 is 2.06 bits per heavy atom. The average molecular weight is 234 g/mol. The van der Waals surface area contributed by atoms with Crippen molar-refractivity contribution in [1.82, 2.24) is 0 Å². The van der Waals surface area contributed by atoms with Crippen LogP contribution in [0.2, 0.25) is 0 Å². The van der Waals surface area contributed by atoms with E-state index in [0.717, 1.165) is 11.3 Å². The molecule has 1 N–H and O–H groups in total. The number of carboxylic acids is 1. The molecule has 1 aromatic rings. The first kappa shape index (κ1) is 13.3. The van der Waals surface area contributed by atoms with E-state index in [1.807, 2.05) is 31.2 Å². The van der Waals surface area contributed by atoms with E-state index in [9.17, 15) is 4.79 Å². The van der Waals surface area contributed by atoms with Gasteiger partial charge in [0.2, 0.25) is 0 Å². The van der Waals surface area contributed by atoms with Gasteiger partial charge in [0.1, 0.15) is 5.75 Å². The van der Waals surface area contributed by atoms with E-state index in [0.29, 0.717) is 6.42 Å². The lowest BCUT2D eigenvalue weighted by molar-refractivity contribution is -0.142. The number of aliphatic carboxylic acids is 1. The summed E-state index contributed by atoms with van der Waals surface area (Å²) in [6.07, 6.45) is 2.19. The van der Waals surface area contributed by atoms with Gasteiger partial charge >= 0.3 is 5.97 Å². The van der Waals surface area contributed by atoms with E-state index in [1.54, 1.807) is 13.2 Å². The van der Waals surface area contributed by atoms with Gasteiger partial charge in [-0.3, -0.25) is 4.79 Å². The third-order valence-electron chi connectivity index (χ3n) is 2.94. The lowest BCUT2D eigenvalue weighted by Crippen LogP contribution is -2.22. The molecule has 3 nitrogen and oxygen atoms in total. The Labute approximate surface area is 102 Å². The van der Waals surface area contributed by atoms with Gasteiger partial charge in [-0.2, -0.15) is 0 Å². The molecule has 0 aliphatic carbocycles. The predicted molar refractivity (Wildman–Crippen MR) is 67.2 cm³/mol. The number of rotatable bonds is 6. The molecule has 2 atom stereocenters. The lowest BCUT2D eigenvalue weighted by atomic mass is 9.88. The molecule has 0 fully saturated rings. The molecule has 92 valence electrons. The van der Waals surface area contributed by atoms with Crippen LogP contribution in [0.15, 0.2) is 36.9 Å². The molecule has 0 heterocycles. The average Bonchev–Trinajstić information content (AvgIpc) is 2.35. The second-order valence-electron chi connectivity index (χ2n) is 4.09. The van der Waals surface area contributed by atoms with Gasteiger partial charge in [0, 0.05) is 0 Å². The molecule has 0 aromatic heterocycles. The smallest absolute Gasteiger partial charge is 0.307 e. The standard InChI is InChI=1S/C14H18O3/c1-4-10(2)13(14(15)16)9-11-5-7-12(17-3)8-6-11/h4-8,10,13H,1,9H2,2-3H3,(H,15,16). The summed E-state index contributed by atoms with van der Waals surface area (Å²) in [7, 11) is 1.61. The number of carbonyl (C=O) groups is 1. The first-order valence-corrected chi connectivity index (χ1v) is 5.56. The van der Waals surface area contributed by atoms with Crippen molar-refractivity contribution in [2.45, 2.75) is 13.3 Å². The zero-order chi connectivity index (χ0) is 12.8. The van der Waals surface area contributed by atoms with Gasteiger partial charge in [0.15, 0.2) is 0 Å². The van der Waals surface area contributed by atoms with E-state index < -0.39 is 11.9 Å². The zero-order valence-electron chi connectivity index (χ0n) is 10.2. The molecule has 3 heteroatoms. The number of hydrogen-bond acceptors (Lipinski definition) is 2. The summed E-state index contributed by atoms with van der Waals surface area (Å²) in [6.45, 7) is 5.52. The number of allylic oxidation sites excluding steroid dienone is 1. The maximum absolute atomic E-state index is 11.2. The minimum Gasteiger partial charge on any atom is -0.497 e. The van der Waals surface area contributed by atoms with Crippen molar-refractivity contribution in [3.05, 3.63) is 42.5 Å². The second kappa shape index (κ2) is 6.09. The Bertz CT molecular complexity index is 381. The van der Waals surface area contributed by atoms with E-state index in [2.05, 4.69) is 6.58 Å². The van der Waals surface area contributed by atoms with Gasteiger partial charge in [-0.05, 0) is 30.0 Å². The molecule has 0 bridgehead atoms. The van der Waals surface area contributed by atoms with Crippen LogP contribution >= 0.6 is 0 Å². The van der Waals surface area contributed by atoms with Crippen LogP contribution in [0.25, 0.3) is 0 Å². The molecular weight excluding hydrogens is 216 g/mol. The van der Waals surface area contributed by atoms with Crippen LogP contribution < -0.4 is 4.74 Å². The van der Waals surface area contributed by atoms with Crippen molar-refractivity contribution in [3.8, 4) is 5.75 Å². The summed E-state index contributed by atoms with van der Waals surface area (Å²) in [5.74, 6) is -0.485. The van der Waals surface area contributed by atoms with E-state index in [-0.39, 0.29) is 5.92 Å². The first-order valence-electron chi connectivity index (χ1n) is 5.56. The van der Waals surface area contributed by atoms with Crippen LogP contribution in [0.4, 0.5) is 0 Å². The van der Waals surface area contributed by atoms with Crippen LogP contribution in [-0.2, 0) is 11.2 Å². The first-order chi connectivity index (χ1) is 8.08. The fourth-order valence-corrected chi connectivity index (χ4v) is 1.68. The van der Waals surface area contributed by atoms with Crippen LogP contribution in [0.1, 0.15) is 12.5 Å². The Balaban J connectivity index is 2.78. The number of hydrogen-bond donors (Lipinski definition) is 1. The Morgan fingerprint density at radius 1 is 1.47 bits per heavy atom. The van der Waals surface area contributed by atoms with Crippen molar-refractivity contribution >= 4 is 5.97 Å². The van der Waals surface area contributed by atoms with E-state index >= 15 is 0 Å². The fraction of sp³-hybridized carbons (Fsp3) is 0.357. The lowest BCUT2D eigenvalue weighted by Gasteiger charge is -2.16. The topological polar surface area (TPSA) is 46.5 Å². The predicted octanol–water partition coefficient (Wildman–Crippen LogP) is 2.76. The summed E-state index contributed by atoms with van der Waals surface area (Å²) in [6, 6.07) is 7.47. The molecule has 0 spiro atoms. The van der Waals surface area contributed by atoms with Gasteiger partial charge in [0.25, 0.3) is 0 Å². The minimum absolute atomic E-state index is 0.0467. The highest BCUT2D eigenvalue weighted by molar-refractivity contribution is 5.71. The maximum Gasteiger partial charge on any atom is 0.307 e. The molecule has 0 saturated heterocycles. The van der Waals surface area contributed by atoms with Crippen molar-refractivity contribution in [2.75, 3.05) is 7.11 Å². The van der Waals surface area contributed by atoms with Crippen molar-refractivity contribution < 1.29 is 14.6 Å². The van der Waals surface area contributed by atoms with Gasteiger partial charge in [-0.25, -0.2) is 0 Å². The molecule has 0 aliphatic heterocycles. The van der Waals surface area contributed by atoms with Gasteiger partial charge in [-0.1, -0.05) is 25.1 Å². The van der Waals surface area contributed by atoms with Gasteiger partial charge < -0.3 is 9.84 Å². The summed E-state index contributed by atoms with van der Waals surface area (Å²) < 4.78 is 5.06. The number of carboxylic acid groups (broad SMARTS) is 1. The van der Waals surface area contributed by atoms with Crippen LogP contribution in [0.3, 0.4) is 0 Å². The molecule has 0 aliphatic rings. The third-order valence-corrected chi connectivity index (χ3v) is 2.94. The molecule has 1 rings (SSSR count).